The van der Waals surface area contributed by atoms with Gasteiger partial charge in [0, 0.05) is 24.2 Å². The van der Waals surface area contributed by atoms with E-state index in [-0.39, 0.29) is 0 Å². The normalized spacial score (nSPS) is 10.6. The minimum atomic E-state index is 0.687. The molecule has 0 unspecified atom stereocenters. The van der Waals surface area contributed by atoms with E-state index < -0.39 is 0 Å². The van der Waals surface area contributed by atoms with Gasteiger partial charge < -0.3 is 10.3 Å². The maximum atomic E-state index is 6.10. The van der Waals surface area contributed by atoms with Gasteiger partial charge in [-0.1, -0.05) is 6.07 Å². The molecule has 0 amide bonds. The van der Waals surface area contributed by atoms with Gasteiger partial charge in [-0.3, -0.25) is 0 Å². The average molecular weight is 251 g/mol. The summed E-state index contributed by atoms with van der Waals surface area (Å²) in [6.45, 7) is 1.87. The molecule has 0 saturated carbocycles. The molecule has 0 aliphatic carbocycles. The molecule has 1 aromatic carbocycles. The highest BCUT2D eigenvalue weighted by Crippen LogP contribution is 2.24. The number of hydrogen-bond donors (Lipinski definition) is 1. The third kappa shape index (κ3) is 2.18. The van der Waals surface area contributed by atoms with Crippen molar-refractivity contribution < 1.29 is 0 Å². The van der Waals surface area contributed by atoms with Crippen molar-refractivity contribution in [1.29, 1.82) is 0 Å². The zero-order chi connectivity index (χ0) is 13.2. The van der Waals surface area contributed by atoms with E-state index in [1.807, 2.05) is 42.0 Å². The fourth-order valence-corrected chi connectivity index (χ4v) is 1.97. The van der Waals surface area contributed by atoms with Crippen molar-refractivity contribution in [1.82, 2.24) is 19.5 Å². The largest absolute Gasteiger partial charge is 0.397 e. The number of hydrogen-bond acceptors (Lipinski definition) is 4. The Hall–Kier alpha value is -2.69. The first kappa shape index (κ1) is 11.4. The number of nitrogens with two attached hydrogens (primary N) is 1. The van der Waals surface area contributed by atoms with Crippen molar-refractivity contribution in [2.45, 2.75) is 6.92 Å². The second-order valence-electron chi connectivity index (χ2n) is 4.23. The number of aryl methyl sites for hydroxylation is 1. The van der Waals surface area contributed by atoms with Crippen LogP contribution in [0.2, 0.25) is 0 Å². The molecule has 0 spiro atoms. The minimum Gasteiger partial charge on any atom is -0.397 e. The topological polar surface area (TPSA) is 69.6 Å². The Bertz CT molecular complexity index is 704. The Morgan fingerprint density at radius 3 is 2.74 bits per heavy atom. The summed E-state index contributed by atoms with van der Waals surface area (Å²) >= 11 is 0. The van der Waals surface area contributed by atoms with Crippen LogP contribution >= 0.6 is 0 Å². The van der Waals surface area contributed by atoms with Crippen LogP contribution in [0.4, 0.5) is 5.69 Å². The van der Waals surface area contributed by atoms with E-state index in [9.17, 15) is 0 Å². The molecule has 19 heavy (non-hydrogen) atoms. The SMILES string of the molecule is Cc1nccc(-c2ccc(-n3ccnc3)c(N)c2)n1. The van der Waals surface area contributed by atoms with Gasteiger partial charge in [-0.15, -0.1) is 0 Å². The zero-order valence-corrected chi connectivity index (χ0v) is 10.5. The molecule has 94 valence electrons. The van der Waals surface area contributed by atoms with Gasteiger partial charge >= 0.3 is 0 Å². The van der Waals surface area contributed by atoms with Crippen molar-refractivity contribution in [3.63, 3.8) is 0 Å². The van der Waals surface area contributed by atoms with Gasteiger partial charge in [-0.05, 0) is 25.1 Å². The molecule has 0 aliphatic rings. The Balaban J connectivity index is 2.05. The highest BCUT2D eigenvalue weighted by Gasteiger charge is 2.05. The van der Waals surface area contributed by atoms with Crippen molar-refractivity contribution in [3.8, 4) is 16.9 Å². The Kier molecular flexibility index (Phi) is 2.72. The summed E-state index contributed by atoms with van der Waals surface area (Å²) in [5.41, 5.74) is 9.54. The molecule has 5 nitrogen and oxygen atoms in total. The molecule has 0 radical (unpaired) electrons. The molecular weight excluding hydrogens is 238 g/mol. The van der Waals surface area contributed by atoms with Crippen LogP contribution in [0.15, 0.2) is 49.2 Å². The van der Waals surface area contributed by atoms with Crippen LogP contribution in [0.3, 0.4) is 0 Å². The molecule has 0 atom stereocenters. The molecule has 2 aromatic heterocycles. The quantitative estimate of drug-likeness (QED) is 0.709. The Morgan fingerprint density at radius 2 is 2.05 bits per heavy atom. The second kappa shape index (κ2) is 4.53. The molecule has 2 heterocycles. The maximum Gasteiger partial charge on any atom is 0.125 e. The highest BCUT2D eigenvalue weighted by molar-refractivity contribution is 5.70. The van der Waals surface area contributed by atoms with Gasteiger partial charge in [0.1, 0.15) is 5.82 Å². The van der Waals surface area contributed by atoms with E-state index in [0.29, 0.717) is 5.69 Å². The number of imidazole rings is 1. The minimum absolute atomic E-state index is 0.687. The number of nitrogen functional groups attached to an aromatic ring is 1. The summed E-state index contributed by atoms with van der Waals surface area (Å²) in [6, 6.07) is 7.74. The first-order valence-electron chi connectivity index (χ1n) is 5.92. The average Bonchev–Trinajstić information content (AvgIpc) is 2.92. The number of benzene rings is 1. The lowest BCUT2D eigenvalue weighted by atomic mass is 10.1. The standard InChI is InChI=1S/C14H13N5/c1-10-17-5-4-13(18-10)11-2-3-14(12(15)8-11)19-7-6-16-9-19/h2-9H,15H2,1H3. The van der Waals surface area contributed by atoms with Crippen LogP contribution in [0.25, 0.3) is 16.9 Å². The molecular formula is C14H13N5. The Morgan fingerprint density at radius 1 is 1.16 bits per heavy atom. The number of anilines is 1. The fraction of sp³-hybridized carbons (Fsp3) is 0.0714. The lowest BCUT2D eigenvalue weighted by Gasteiger charge is -2.08. The lowest BCUT2D eigenvalue weighted by Crippen LogP contribution is -1.98. The number of nitrogens with zero attached hydrogens (tertiary/aromatic N) is 4. The van der Waals surface area contributed by atoms with Crippen molar-refractivity contribution in [3.05, 3.63) is 55.0 Å². The van der Waals surface area contributed by atoms with Gasteiger partial charge in [0.15, 0.2) is 0 Å². The van der Waals surface area contributed by atoms with E-state index in [1.54, 1.807) is 18.7 Å². The van der Waals surface area contributed by atoms with Gasteiger partial charge in [-0.25, -0.2) is 15.0 Å². The number of aromatic nitrogens is 4. The molecule has 0 saturated heterocycles. The summed E-state index contributed by atoms with van der Waals surface area (Å²) in [4.78, 5) is 12.5. The molecule has 0 aliphatic heterocycles. The van der Waals surface area contributed by atoms with Crippen molar-refractivity contribution in [2.75, 3.05) is 5.73 Å². The van der Waals surface area contributed by atoms with Gasteiger partial charge in [0.05, 0.1) is 23.4 Å². The molecule has 0 fully saturated rings. The van der Waals surface area contributed by atoms with Crippen molar-refractivity contribution in [2.24, 2.45) is 0 Å². The summed E-state index contributed by atoms with van der Waals surface area (Å²) in [6.07, 6.45) is 7.05. The van der Waals surface area contributed by atoms with E-state index >= 15 is 0 Å². The molecule has 0 bridgehead atoms. The predicted molar refractivity (Wildman–Crippen MR) is 73.7 cm³/mol. The monoisotopic (exact) mass is 251 g/mol. The molecule has 5 heteroatoms. The summed E-state index contributed by atoms with van der Waals surface area (Å²) < 4.78 is 1.88. The molecule has 2 N–H and O–H groups in total. The van der Waals surface area contributed by atoms with Crippen LogP contribution < -0.4 is 5.73 Å². The maximum absolute atomic E-state index is 6.10. The van der Waals surface area contributed by atoms with Crippen LogP contribution in [0.1, 0.15) is 5.82 Å². The van der Waals surface area contributed by atoms with Crippen LogP contribution in [0.5, 0.6) is 0 Å². The lowest BCUT2D eigenvalue weighted by molar-refractivity contribution is 1.05. The van der Waals surface area contributed by atoms with E-state index in [2.05, 4.69) is 15.0 Å². The van der Waals surface area contributed by atoms with E-state index in [0.717, 1.165) is 22.8 Å². The highest BCUT2D eigenvalue weighted by atomic mass is 15.0. The van der Waals surface area contributed by atoms with Gasteiger partial charge in [0.25, 0.3) is 0 Å². The van der Waals surface area contributed by atoms with Crippen LogP contribution in [-0.4, -0.2) is 19.5 Å². The van der Waals surface area contributed by atoms with Crippen LogP contribution in [0, 0.1) is 6.92 Å². The Labute approximate surface area is 110 Å². The van der Waals surface area contributed by atoms with Crippen molar-refractivity contribution >= 4 is 5.69 Å². The van der Waals surface area contributed by atoms with Gasteiger partial charge in [-0.2, -0.15) is 0 Å². The summed E-state index contributed by atoms with van der Waals surface area (Å²) in [7, 11) is 0. The van der Waals surface area contributed by atoms with Crippen LogP contribution in [-0.2, 0) is 0 Å². The first-order valence-corrected chi connectivity index (χ1v) is 5.92. The van der Waals surface area contributed by atoms with E-state index in [1.165, 1.54) is 0 Å². The summed E-state index contributed by atoms with van der Waals surface area (Å²) in [5.74, 6) is 0.745. The first-order chi connectivity index (χ1) is 9.24. The zero-order valence-electron chi connectivity index (χ0n) is 10.5. The van der Waals surface area contributed by atoms with E-state index in [4.69, 9.17) is 5.73 Å². The number of rotatable bonds is 2. The third-order valence-corrected chi connectivity index (χ3v) is 2.88. The second-order valence-corrected chi connectivity index (χ2v) is 4.23. The predicted octanol–water partition coefficient (Wildman–Crippen LogP) is 2.22. The fourth-order valence-electron chi connectivity index (χ4n) is 1.97. The van der Waals surface area contributed by atoms with Gasteiger partial charge in [0.2, 0.25) is 0 Å². The molecule has 3 rings (SSSR count). The third-order valence-electron chi connectivity index (χ3n) is 2.88. The molecule has 3 aromatic rings. The summed E-state index contributed by atoms with van der Waals surface area (Å²) in [5, 5.41) is 0. The smallest absolute Gasteiger partial charge is 0.125 e.